The summed E-state index contributed by atoms with van der Waals surface area (Å²) in [4.78, 5) is 24.5. The minimum absolute atomic E-state index is 0.170. The van der Waals surface area contributed by atoms with E-state index in [2.05, 4.69) is 5.32 Å². The van der Waals surface area contributed by atoms with E-state index in [4.69, 9.17) is 9.47 Å². The molecule has 6 nitrogen and oxygen atoms in total. The molecular formula is C12H24N2O4. The molecule has 0 spiro atoms. The highest BCUT2D eigenvalue weighted by Gasteiger charge is 2.16. The van der Waals surface area contributed by atoms with E-state index in [-0.39, 0.29) is 6.54 Å². The third-order valence-corrected chi connectivity index (χ3v) is 1.79. The largest absolute Gasteiger partial charge is 0.464 e. The van der Waals surface area contributed by atoms with Gasteiger partial charge in [-0.25, -0.2) is 4.79 Å². The van der Waals surface area contributed by atoms with Crippen LogP contribution in [0.5, 0.6) is 0 Å². The summed E-state index contributed by atoms with van der Waals surface area (Å²) in [5, 5.41) is 2.34. The molecule has 0 aromatic heterocycles. The number of carbonyl (C=O) groups is 2. The number of carbonyl (C=O) groups excluding carboxylic acids is 2. The number of ether oxygens (including phenoxy) is 2. The summed E-state index contributed by atoms with van der Waals surface area (Å²) in [5.74, 6) is -0.459. The predicted octanol–water partition coefficient (Wildman–Crippen LogP) is 1.01. The minimum Gasteiger partial charge on any atom is -0.464 e. The average Bonchev–Trinajstić information content (AvgIpc) is 2.19. The Hall–Kier alpha value is -1.30. The number of hydrogen-bond acceptors (Lipinski definition) is 5. The second kappa shape index (κ2) is 7.92. The van der Waals surface area contributed by atoms with E-state index in [9.17, 15) is 9.59 Å². The summed E-state index contributed by atoms with van der Waals surface area (Å²) < 4.78 is 9.92. The van der Waals surface area contributed by atoms with Crippen LogP contribution in [0, 0.1) is 0 Å². The number of hydrogen-bond donors (Lipinski definition) is 1. The normalized spacial score (nSPS) is 11.2. The zero-order valence-corrected chi connectivity index (χ0v) is 11.9. The van der Waals surface area contributed by atoms with Crippen LogP contribution in [0.15, 0.2) is 0 Å². The molecule has 0 heterocycles. The van der Waals surface area contributed by atoms with E-state index < -0.39 is 17.7 Å². The molecule has 18 heavy (non-hydrogen) atoms. The second-order valence-electron chi connectivity index (χ2n) is 5.23. The first-order valence-corrected chi connectivity index (χ1v) is 5.98. The number of rotatable bonds is 6. The van der Waals surface area contributed by atoms with E-state index >= 15 is 0 Å². The van der Waals surface area contributed by atoms with Crippen molar-refractivity contribution >= 4 is 12.1 Å². The molecule has 0 radical (unpaired) electrons. The lowest BCUT2D eigenvalue weighted by Gasteiger charge is -2.19. The Labute approximate surface area is 109 Å². The molecule has 0 rings (SSSR count). The molecule has 1 amide bonds. The van der Waals surface area contributed by atoms with Crippen molar-refractivity contribution in [2.45, 2.75) is 32.8 Å². The fraction of sp³-hybridized carbons (Fsp3) is 0.833. The van der Waals surface area contributed by atoms with E-state index in [1.165, 1.54) is 0 Å². The monoisotopic (exact) mass is 260 g/mol. The highest BCUT2D eigenvalue weighted by atomic mass is 16.6. The zero-order chi connectivity index (χ0) is 14.2. The smallest absolute Gasteiger partial charge is 0.408 e. The summed E-state index contributed by atoms with van der Waals surface area (Å²) in [6.07, 6.45) is 0.151. The van der Waals surface area contributed by atoms with E-state index in [0.717, 1.165) is 13.0 Å². The second-order valence-corrected chi connectivity index (χ2v) is 5.23. The van der Waals surface area contributed by atoms with Crippen molar-refractivity contribution < 1.29 is 19.1 Å². The van der Waals surface area contributed by atoms with Crippen molar-refractivity contribution in [2.75, 3.05) is 33.8 Å². The van der Waals surface area contributed by atoms with Gasteiger partial charge in [-0.1, -0.05) is 0 Å². The minimum atomic E-state index is -0.618. The van der Waals surface area contributed by atoms with Gasteiger partial charge in [-0.3, -0.25) is 4.79 Å². The van der Waals surface area contributed by atoms with Crippen LogP contribution < -0.4 is 5.32 Å². The van der Waals surface area contributed by atoms with E-state index in [0.29, 0.717) is 6.61 Å². The summed E-state index contributed by atoms with van der Waals surface area (Å²) in [6.45, 7) is 6.31. The Bertz CT molecular complexity index is 272. The van der Waals surface area contributed by atoms with Crippen LogP contribution in [0.2, 0.25) is 0 Å². The molecule has 1 N–H and O–H groups in total. The quantitative estimate of drug-likeness (QED) is 0.570. The van der Waals surface area contributed by atoms with Gasteiger partial charge in [0.1, 0.15) is 12.1 Å². The van der Waals surface area contributed by atoms with Gasteiger partial charge in [0.25, 0.3) is 0 Å². The first-order valence-electron chi connectivity index (χ1n) is 5.98. The van der Waals surface area contributed by atoms with Gasteiger partial charge in [-0.2, -0.15) is 0 Å². The van der Waals surface area contributed by atoms with Crippen molar-refractivity contribution in [3.8, 4) is 0 Å². The highest BCUT2D eigenvalue weighted by Crippen LogP contribution is 2.06. The fourth-order valence-electron chi connectivity index (χ4n) is 1.08. The van der Waals surface area contributed by atoms with Gasteiger partial charge in [0, 0.05) is 6.54 Å². The van der Waals surface area contributed by atoms with Crippen molar-refractivity contribution in [1.29, 1.82) is 0 Å². The van der Waals surface area contributed by atoms with Gasteiger partial charge in [-0.15, -0.1) is 0 Å². The summed E-state index contributed by atoms with van der Waals surface area (Å²) >= 11 is 0. The van der Waals surface area contributed by atoms with E-state index in [1.54, 1.807) is 20.8 Å². The molecule has 106 valence electrons. The Morgan fingerprint density at radius 2 is 1.83 bits per heavy atom. The lowest BCUT2D eigenvalue weighted by molar-refractivity contribution is -0.142. The van der Waals surface area contributed by atoms with Gasteiger partial charge < -0.3 is 19.7 Å². The number of esters is 1. The standard InChI is InChI=1S/C12H24N2O4/c1-12(2,3)18-11(16)13-9-10(15)17-8-6-7-14(4)5/h6-9H2,1-5H3,(H,13,16). The summed E-state index contributed by atoms with van der Waals surface area (Å²) in [6, 6.07) is 0. The number of nitrogens with one attached hydrogen (secondary N) is 1. The Balaban J connectivity index is 3.62. The Kier molecular flexibility index (Phi) is 7.35. The topological polar surface area (TPSA) is 67.9 Å². The number of amides is 1. The molecule has 0 aliphatic heterocycles. The lowest BCUT2D eigenvalue weighted by atomic mass is 10.2. The molecule has 0 unspecified atom stereocenters. The van der Waals surface area contributed by atoms with Crippen molar-refractivity contribution in [2.24, 2.45) is 0 Å². The molecule has 0 atom stereocenters. The molecule has 0 aliphatic carbocycles. The molecule has 0 aliphatic rings. The van der Waals surface area contributed by atoms with Crippen LogP contribution in [0.25, 0.3) is 0 Å². The van der Waals surface area contributed by atoms with Gasteiger partial charge in [0.15, 0.2) is 0 Å². The van der Waals surface area contributed by atoms with Crippen LogP contribution in [-0.2, 0) is 14.3 Å². The van der Waals surface area contributed by atoms with E-state index in [1.807, 2.05) is 19.0 Å². The van der Waals surface area contributed by atoms with Crippen LogP contribution in [0.1, 0.15) is 27.2 Å². The molecular weight excluding hydrogens is 236 g/mol. The molecule has 6 heteroatoms. The van der Waals surface area contributed by atoms with Crippen LogP contribution >= 0.6 is 0 Å². The Morgan fingerprint density at radius 1 is 1.22 bits per heavy atom. The molecule has 0 saturated heterocycles. The van der Waals surface area contributed by atoms with Crippen molar-refractivity contribution in [3.05, 3.63) is 0 Å². The summed E-state index contributed by atoms with van der Waals surface area (Å²) in [7, 11) is 3.90. The maximum atomic E-state index is 11.3. The van der Waals surface area contributed by atoms with Crippen LogP contribution in [0.3, 0.4) is 0 Å². The third kappa shape index (κ3) is 11.2. The van der Waals surface area contributed by atoms with Crippen LogP contribution in [-0.4, -0.2) is 56.4 Å². The number of alkyl carbamates (subject to hydrolysis) is 1. The number of nitrogens with zero attached hydrogens (tertiary/aromatic N) is 1. The Morgan fingerprint density at radius 3 is 2.33 bits per heavy atom. The zero-order valence-electron chi connectivity index (χ0n) is 11.9. The fourth-order valence-corrected chi connectivity index (χ4v) is 1.08. The molecule has 0 aromatic rings. The predicted molar refractivity (Wildman–Crippen MR) is 68.4 cm³/mol. The molecule has 0 fully saturated rings. The lowest BCUT2D eigenvalue weighted by Crippen LogP contribution is -2.36. The summed E-state index contributed by atoms with van der Waals surface area (Å²) in [5.41, 5.74) is -0.570. The average molecular weight is 260 g/mol. The van der Waals surface area contributed by atoms with Gasteiger partial charge in [0.2, 0.25) is 0 Å². The first-order chi connectivity index (χ1) is 8.20. The molecule has 0 bridgehead atoms. The SMILES string of the molecule is CN(C)CCCOC(=O)CNC(=O)OC(C)(C)C. The first kappa shape index (κ1) is 16.7. The van der Waals surface area contributed by atoms with Gasteiger partial charge >= 0.3 is 12.1 Å². The van der Waals surface area contributed by atoms with Crippen molar-refractivity contribution in [3.63, 3.8) is 0 Å². The molecule has 0 aromatic carbocycles. The third-order valence-electron chi connectivity index (χ3n) is 1.79. The van der Waals surface area contributed by atoms with Crippen LogP contribution in [0.4, 0.5) is 4.79 Å². The van der Waals surface area contributed by atoms with Gasteiger partial charge in [0.05, 0.1) is 6.61 Å². The molecule has 0 saturated carbocycles. The van der Waals surface area contributed by atoms with Gasteiger partial charge in [-0.05, 0) is 41.3 Å². The maximum Gasteiger partial charge on any atom is 0.408 e. The maximum absolute atomic E-state index is 11.3. The van der Waals surface area contributed by atoms with Crippen molar-refractivity contribution in [1.82, 2.24) is 10.2 Å². The highest BCUT2D eigenvalue weighted by molar-refractivity contribution is 5.77.